The summed E-state index contributed by atoms with van der Waals surface area (Å²) in [7, 11) is 0. The van der Waals surface area contributed by atoms with Crippen LogP contribution in [0.15, 0.2) is 30.0 Å². The molecule has 0 bridgehead atoms. The summed E-state index contributed by atoms with van der Waals surface area (Å²) < 4.78 is 5.65. The van der Waals surface area contributed by atoms with Gasteiger partial charge in [-0.05, 0) is 49.3 Å². The number of carbonyl (C=O) groups excluding carboxylic acids is 2. The van der Waals surface area contributed by atoms with Crippen molar-refractivity contribution in [3.63, 3.8) is 0 Å². The Bertz CT molecular complexity index is 786. The minimum Gasteiger partial charge on any atom is -0.396 e. The number of hydrogen-bond acceptors (Lipinski definition) is 5. The quantitative estimate of drug-likeness (QED) is 0.762. The molecule has 2 fully saturated rings. The molecular formula is C21H25ClN2O4. The molecule has 1 aromatic rings. The average molecular weight is 405 g/mol. The van der Waals surface area contributed by atoms with Crippen molar-refractivity contribution in [2.45, 2.75) is 31.8 Å². The lowest BCUT2D eigenvalue weighted by Crippen LogP contribution is -2.42. The van der Waals surface area contributed by atoms with Crippen molar-refractivity contribution in [2.75, 3.05) is 32.8 Å². The zero-order valence-electron chi connectivity index (χ0n) is 15.8. The van der Waals surface area contributed by atoms with Crippen molar-refractivity contribution in [3.05, 3.63) is 40.5 Å². The van der Waals surface area contributed by atoms with Crippen molar-refractivity contribution in [1.82, 2.24) is 9.80 Å². The lowest BCUT2D eigenvalue weighted by atomic mass is 9.97. The Morgan fingerprint density at radius 1 is 1.11 bits per heavy atom. The second-order valence-corrected chi connectivity index (χ2v) is 8.16. The molecule has 2 amide bonds. The summed E-state index contributed by atoms with van der Waals surface area (Å²) in [6, 6.07) is 7.03. The van der Waals surface area contributed by atoms with Crippen LogP contribution in [0.1, 0.15) is 31.2 Å². The van der Waals surface area contributed by atoms with E-state index in [-0.39, 0.29) is 37.0 Å². The number of imide groups is 1. The maximum Gasteiger partial charge on any atom is 0.277 e. The number of amides is 2. The number of piperidine rings is 1. The first kappa shape index (κ1) is 19.4. The van der Waals surface area contributed by atoms with Crippen LogP contribution in [-0.2, 0) is 14.3 Å². The standard InChI is InChI=1S/C21H25ClN2O4/c22-16-7-5-15(6-8-16)18-19(23-9-1-3-14(11-23)13-25)21(27)24(20(18)26)12-17-4-2-10-28-17/h5-8,14,17,25H,1-4,9-13H2. The smallest absolute Gasteiger partial charge is 0.277 e. The minimum absolute atomic E-state index is 0.0851. The first-order chi connectivity index (χ1) is 13.6. The zero-order valence-corrected chi connectivity index (χ0v) is 16.5. The normalized spacial score (nSPS) is 25.9. The van der Waals surface area contributed by atoms with Crippen LogP contribution in [0.2, 0.25) is 5.02 Å². The fourth-order valence-corrected chi connectivity index (χ4v) is 4.43. The molecule has 0 aromatic heterocycles. The molecule has 2 saturated heterocycles. The summed E-state index contributed by atoms with van der Waals surface area (Å²) in [5.74, 6) is -0.421. The van der Waals surface area contributed by atoms with Gasteiger partial charge in [0.15, 0.2) is 0 Å². The van der Waals surface area contributed by atoms with Gasteiger partial charge in [0.1, 0.15) is 5.70 Å². The molecule has 2 unspecified atom stereocenters. The summed E-state index contributed by atoms with van der Waals surface area (Å²) in [5.41, 5.74) is 1.57. The van der Waals surface area contributed by atoms with Crippen LogP contribution in [0.5, 0.6) is 0 Å². The van der Waals surface area contributed by atoms with Crippen molar-refractivity contribution in [2.24, 2.45) is 5.92 Å². The molecule has 0 saturated carbocycles. The molecular weight excluding hydrogens is 380 g/mol. The van der Waals surface area contributed by atoms with E-state index in [1.54, 1.807) is 24.3 Å². The van der Waals surface area contributed by atoms with Crippen LogP contribution >= 0.6 is 11.6 Å². The fraction of sp³-hybridized carbons (Fsp3) is 0.524. The molecule has 150 valence electrons. The Hall–Kier alpha value is -1.89. The second-order valence-electron chi connectivity index (χ2n) is 7.72. The molecule has 28 heavy (non-hydrogen) atoms. The van der Waals surface area contributed by atoms with Gasteiger partial charge >= 0.3 is 0 Å². The van der Waals surface area contributed by atoms with Crippen LogP contribution in [-0.4, -0.2) is 65.7 Å². The highest BCUT2D eigenvalue weighted by Gasteiger charge is 2.43. The lowest BCUT2D eigenvalue weighted by Gasteiger charge is -2.34. The predicted octanol–water partition coefficient (Wildman–Crippen LogP) is 2.30. The second kappa shape index (κ2) is 8.23. The molecule has 6 nitrogen and oxygen atoms in total. The van der Waals surface area contributed by atoms with E-state index >= 15 is 0 Å². The average Bonchev–Trinajstić information content (AvgIpc) is 3.31. The van der Waals surface area contributed by atoms with Crippen LogP contribution < -0.4 is 0 Å². The van der Waals surface area contributed by atoms with Gasteiger partial charge in [-0.1, -0.05) is 23.7 Å². The largest absolute Gasteiger partial charge is 0.396 e. The van der Waals surface area contributed by atoms with Gasteiger partial charge in [0.25, 0.3) is 11.8 Å². The van der Waals surface area contributed by atoms with E-state index in [9.17, 15) is 14.7 Å². The molecule has 1 N–H and O–H groups in total. The van der Waals surface area contributed by atoms with E-state index in [1.165, 1.54) is 4.90 Å². The third kappa shape index (κ3) is 3.69. The topological polar surface area (TPSA) is 70.1 Å². The Morgan fingerprint density at radius 2 is 1.89 bits per heavy atom. The van der Waals surface area contributed by atoms with E-state index in [1.807, 2.05) is 4.90 Å². The summed E-state index contributed by atoms with van der Waals surface area (Å²) in [6.45, 7) is 2.33. The number of aliphatic hydroxyl groups excluding tert-OH is 1. The van der Waals surface area contributed by atoms with E-state index in [4.69, 9.17) is 16.3 Å². The van der Waals surface area contributed by atoms with E-state index in [0.29, 0.717) is 41.6 Å². The number of benzene rings is 1. The van der Waals surface area contributed by atoms with Crippen molar-refractivity contribution < 1.29 is 19.4 Å². The molecule has 0 radical (unpaired) electrons. The van der Waals surface area contributed by atoms with Crippen LogP contribution in [0.4, 0.5) is 0 Å². The Balaban J connectivity index is 1.69. The number of halogens is 1. The van der Waals surface area contributed by atoms with Gasteiger partial charge in [-0.25, -0.2) is 0 Å². The van der Waals surface area contributed by atoms with Gasteiger partial charge < -0.3 is 14.7 Å². The molecule has 3 aliphatic rings. The van der Waals surface area contributed by atoms with Crippen molar-refractivity contribution in [1.29, 1.82) is 0 Å². The number of likely N-dealkylation sites (tertiary alicyclic amines) is 1. The van der Waals surface area contributed by atoms with E-state index in [2.05, 4.69) is 0 Å². The van der Waals surface area contributed by atoms with Crippen LogP contribution in [0, 0.1) is 5.92 Å². The Morgan fingerprint density at radius 3 is 2.57 bits per heavy atom. The highest BCUT2D eigenvalue weighted by Crippen LogP contribution is 2.35. The summed E-state index contributed by atoms with van der Waals surface area (Å²) >= 11 is 6.02. The maximum absolute atomic E-state index is 13.3. The molecule has 3 heterocycles. The van der Waals surface area contributed by atoms with Gasteiger partial charge in [-0.2, -0.15) is 0 Å². The van der Waals surface area contributed by atoms with Gasteiger partial charge in [0, 0.05) is 31.3 Å². The molecule has 4 rings (SSSR count). The Kier molecular flexibility index (Phi) is 5.71. The summed E-state index contributed by atoms with van der Waals surface area (Å²) in [4.78, 5) is 29.9. The number of aliphatic hydroxyl groups is 1. The van der Waals surface area contributed by atoms with Crippen LogP contribution in [0.25, 0.3) is 5.57 Å². The van der Waals surface area contributed by atoms with Crippen molar-refractivity contribution in [3.8, 4) is 0 Å². The fourth-order valence-electron chi connectivity index (χ4n) is 4.31. The third-order valence-corrected chi connectivity index (χ3v) is 6.03. The van der Waals surface area contributed by atoms with E-state index < -0.39 is 0 Å². The molecule has 2 atom stereocenters. The number of nitrogens with zero attached hydrogens (tertiary/aromatic N) is 2. The minimum atomic E-state index is -0.274. The van der Waals surface area contributed by atoms with E-state index in [0.717, 1.165) is 25.7 Å². The lowest BCUT2D eigenvalue weighted by molar-refractivity contribution is -0.139. The van der Waals surface area contributed by atoms with Crippen molar-refractivity contribution >= 4 is 29.0 Å². The number of hydrogen-bond donors (Lipinski definition) is 1. The molecule has 3 aliphatic heterocycles. The highest BCUT2D eigenvalue weighted by atomic mass is 35.5. The van der Waals surface area contributed by atoms with Gasteiger partial charge in [-0.3, -0.25) is 14.5 Å². The number of carbonyl (C=O) groups is 2. The number of rotatable bonds is 5. The SMILES string of the molecule is O=C1C(c2ccc(Cl)cc2)=C(N2CCCC(CO)C2)C(=O)N1CC1CCCO1. The predicted molar refractivity (Wildman–Crippen MR) is 105 cm³/mol. The van der Waals surface area contributed by atoms with Gasteiger partial charge in [0.2, 0.25) is 0 Å². The monoisotopic (exact) mass is 404 g/mol. The first-order valence-corrected chi connectivity index (χ1v) is 10.3. The first-order valence-electron chi connectivity index (χ1n) is 9.92. The number of ether oxygens (including phenoxy) is 1. The zero-order chi connectivity index (χ0) is 19.7. The molecule has 1 aromatic carbocycles. The summed E-state index contributed by atoms with van der Waals surface area (Å²) in [6.07, 6.45) is 3.54. The molecule has 0 spiro atoms. The van der Waals surface area contributed by atoms with Gasteiger partial charge in [0.05, 0.1) is 18.2 Å². The Labute approximate surface area is 169 Å². The highest BCUT2D eigenvalue weighted by molar-refractivity contribution is 6.36. The van der Waals surface area contributed by atoms with Crippen LogP contribution in [0.3, 0.4) is 0 Å². The summed E-state index contributed by atoms with van der Waals surface area (Å²) in [5, 5.41) is 10.2. The molecule has 7 heteroatoms. The molecule has 0 aliphatic carbocycles. The third-order valence-electron chi connectivity index (χ3n) is 5.78. The van der Waals surface area contributed by atoms with Gasteiger partial charge in [-0.15, -0.1) is 0 Å². The maximum atomic E-state index is 13.3.